The Balaban J connectivity index is 1.75. The van der Waals surface area contributed by atoms with Gasteiger partial charge in [0.05, 0.1) is 43.4 Å². The van der Waals surface area contributed by atoms with E-state index >= 15 is 0 Å². The number of esters is 1. The van der Waals surface area contributed by atoms with Gasteiger partial charge in [-0.2, -0.15) is 0 Å². The maximum absolute atomic E-state index is 14.2. The summed E-state index contributed by atoms with van der Waals surface area (Å²) in [5.74, 6) is -1.01. The first-order valence-corrected chi connectivity index (χ1v) is 18.7. The molecule has 288 valence electrons. The van der Waals surface area contributed by atoms with Gasteiger partial charge in [-0.25, -0.2) is 0 Å². The zero-order chi connectivity index (χ0) is 38.1. The molecular weight excluding hydrogens is 650 g/mol. The first-order chi connectivity index (χ1) is 24.1. The summed E-state index contributed by atoms with van der Waals surface area (Å²) in [7, 11) is 6.40. The minimum atomic E-state index is -1.13. The van der Waals surface area contributed by atoms with Gasteiger partial charge < -0.3 is 40.4 Å². The van der Waals surface area contributed by atoms with Crippen LogP contribution in [0, 0.1) is 11.8 Å². The largest absolute Gasteiger partial charge is 0.468 e. The second-order valence-corrected chi connectivity index (χ2v) is 15.3. The number of benzene rings is 1. The molecule has 51 heavy (non-hydrogen) atoms. The Morgan fingerprint density at radius 3 is 2.18 bits per heavy atom. The molecule has 8 unspecified atom stereocenters. The highest BCUT2D eigenvalue weighted by atomic mass is 16.5. The van der Waals surface area contributed by atoms with Crippen molar-refractivity contribution in [3.63, 3.8) is 0 Å². The fourth-order valence-electron chi connectivity index (χ4n) is 7.85. The van der Waals surface area contributed by atoms with Crippen LogP contribution in [0.5, 0.6) is 0 Å². The Morgan fingerprint density at radius 2 is 1.67 bits per heavy atom. The Bertz CT molecular complexity index is 1300. The number of nitrogens with two attached hydrogens (primary N) is 1. The van der Waals surface area contributed by atoms with Crippen LogP contribution in [-0.4, -0.2) is 117 Å². The number of ether oxygens (including phenoxy) is 3. The van der Waals surface area contributed by atoms with Crippen molar-refractivity contribution in [2.45, 2.75) is 134 Å². The fraction of sp³-hybridized carbons (Fsp3) is 0.744. The molecule has 0 bridgehead atoms. The van der Waals surface area contributed by atoms with Gasteiger partial charge in [-0.15, -0.1) is 0 Å². The van der Waals surface area contributed by atoms with Crippen molar-refractivity contribution in [3.8, 4) is 0 Å². The zero-order valence-electron chi connectivity index (χ0n) is 32.7. The number of likely N-dealkylation sites (N-methyl/N-ethyl adjacent to an activating group) is 1. The smallest absolute Gasteiger partial charge is 0.323 e. The molecule has 2 aliphatic rings. The highest BCUT2D eigenvalue weighted by Crippen LogP contribution is 2.51. The average molecular weight is 716 g/mol. The van der Waals surface area contributed by atoms with Crippen LogP contribution in [-0.2, 0) is 38.8 Å². The lowest BCUT2D eigenvalue weighted by atomic mass is 9.87. The Kier molecular flexibility index (Phi) is 15.5. The van der Waals surface area contributed by atoms with Crippen LogP contribution in [0.4, 0.5) is 0 Å². The van der Waals surface area contributed by atoms with Gasteiger partial charge in [0.15, 0.2) is 0 Å². The van der Waals surface area contributed by atoms with E-state index in [-0.39, 0.29) is 53.6 Å². The highest BCUT2D eigenvalue weighted by Gasteiger charge is 2.54. The lowest BCUT2D eigenvalue weighted by Gasteiger charge is -2.40. The second kappa shape index (κ2) is 18.6. The van der Waals surface area contributed by atoms with Crippen molar-refractivity contribution in [2.75, 3.05) is 41.5 Å². The maximum atomic E-state index is 14.2. The molecule has 0 radical (unpaired) electrons. The van der Waals surface area contributed by atoms with Crippen LogP contribution in [0.2, 0.25) is 0 Å². The lowest BCUT2D eigenvalue weighted by molar-refractivity contribution is -0.146. The number of likely N-dealkylation sites (tertiary alicyclic amines) is 1. The summed E-state index contributed by atoms with van der Waals surface area (Å²) in [6.07, 6.45) is 3.83. The van der Waals surface area contributed by atoms with Crippen LogP contribution in [0.1, 0.15) is 92.1 Å². The molecule has 1 aromatic carbocycles. The third-order valence-electron chi connectivity index (χ3n) is 11.3. The maximum Gasteiger partial charge on any atom is 0.323 e. The molecule has 2 fully saturated rings. The summed E-state index contributed by atoms with van der Waals surface area (Å²) >= 11 is 0. The van der Waals surface area contributed by atoms with Gasteiger partial charge in [0.1, 0.15) is 12.1 Å². The van der Waals surface area contributed by atoms with E-state index in [0.29, 0.717) is 19.5 Å². The highest BCUT2D eigenvalue weighted by molar-refractivity contribution is 5.91. The molecule has 1 aliphatic heterocycles. The molecule has 8 atom stereocenters. The summed E-state index contributed by atoms with van der Waals surface area (Å²) in [4.78, 5) is 57.3. The van der Waals surface area contributed by atoms with Crippen molar-refractivity contribution in [1.82, 2.24) is 20.4 Å². The van der Waals surface area contributed by atoms with Crippen LogP contribution in [0.15, 0.2) is 30.3 Å². The summed E-state index contributed by atoms with van der Waals surface area (Å²) in [5.41, 5.74) is 5.69. The number of amides is 3. The van der Waals surface area contributed by atoms with Gasteiger partial charge in [-0.05, 0) is 63.4 Å². The molecular formula is C39H65N5O7. The number of rotatable bonds is 20. The Morgan fingerprint density at radius 1 is 1.02 bits per heavy atom. The monoisotopic (exact) mass is 715 g/mol. The van der Waals surface area contributed by atoms with Crippen molar-refractivity contribution >= 4 is 23.7 Å². The van der Waals surface area contributed by atoms with E-state index in [1.54, 1.807) is 40.0 Å². The molecule has 3 rings (SSSR count). The predicted octanol–water partition coefficient (Wildman–Crippen LogP) is 3.40. The third kappa shape index (κ3) is 10.1. The van der Waals surface area contributed by atoms with Gasteiger partial charge in [-0.3, -0.25) is 19.2 Å². The number of methoxy groups -OCH3 is 3. The van der Waals surface area contributed by atoms with Crippen LogP contribution >= 0.6 is 0 Å². The number of hydrogen-bond donors (Lipinski definition) is 3. The Hall–Kier alpha value is -3.06. The van der Waals surface area contributed by atoms with Gasteiger partial charge in [0, 0.05) is 39.8 Å². The van der Waals surface area contributed by atoms with E-state index in [1.807, 2.05) is 43.9 Å². The number of hydrogen-bond acceptors (Lipinski definition) is 9. The van der Waals surface area contributed by atoms with E-state index in [0.717, 1.165) is 37.7 Å². The van der Waals surface area contributed by atoms with Crippen molar-refractivity contribution < 1.29 is 33.4 Å². The number of nitrogens with one attached hydrogen (secondary N) is 2. The lowest BCUT2D eigenvalue weighted by Crippen LogP contribution is -2.59. The molecule has 1 aliphatic carbocycles. The fourth-order valence-corrected chi connectivity index (χ4v) is 7.85. The molecule has 12 heteroatoms. The first kappa shape index (κ1) is 42.4. The van der Waals surface area contributed by atoms with E-state index in [2.05, 4.69) is 29.7 Å². The molecule has 1 heterocycles. The predicted molar refractivity (Wildman–Crippen MR) is 198 cm³/mol. The van der Waals surface area contributed by atoms with Crippen LogP contribution in [0.25, 0.3) is 0 Å². The normalized spacial score (nSPS) is 21.1. The third-order valence-corrected chi connectivity index (χ3v) is 11.3. The quantitative estimate of drug-likeness (QED) is 0.173. The minimum Gasteiger partial charge on any atom is -0.468 e. The van der Waals surface area contributed by atoms with Crippen molar-refractivity contribution in [3.05, 3.63) is 35.9 Å². The SMILES string of the molecule is CCC(NC(=O)C(C)(C)N)C(=O)N(C)C(C(C)CC)C(CC(=O)N1CCCC1C(OC)C(C)CNC(C(=O)OC)C1(c2ccccc2)CC1)OC. The van der Waals surface area contributed by atoms with E-state index < -0.39 is 35.7 Å². The van der Waals surface area contributed by atoms with Crippen LogP contribution in [0.3, 0.4) is 0 Å². The Labute approximate surface area is 305 Å². The average Bonchev–Trinajstić information content (AvgIpc) is 3.78. The number of carbonyl (C=O) groups excluding carboxylic acids is 4. The number of nitrogens with zero attached hydrogens (tertiary/aromatic N) is 2. The summed E-state index contributed by atoms with van der Waals surface area (Å²) in [5, 5.41) is 6.34. The molecule has 1 saturated carbocycles. The molecule has 3 amide bonds. The molecule has 1 saturated heterocycles. The van der Waals surface area contributed by atoms with Crippen molar-refractivity contribution in [2.24, 2.45) is 17.6 Å². The summed E-state index contributed by atoms with van der Waals surface area (Å²) in [6.45, 7) is 12.3. The molecule has 12 nitrogen and oxygen atoms in total. The molecule has 1 aromatic rings. The van der Waals surface area contributed by atoms with Gasteiger partial charge in [0.2, 0.25) is 17.7 Å². The summed E-state index contributed by atoms with van der Waals surface area (Å²) in [6, 6.07) is 8.31. The zero-order valence-corrected chi connectivity index (χ0v) is 32.7. The van der Waals surface area contributed by atoms with Gasteiger partial charge >= 0.3 is 5.97 Å². The minimum absolute atomic E-state index is 0.0106. The van der Waals surface area contributed by atoms with Gasteiger partial charge in [-0.1, -0.05) is 64.4 Å². The second-order valence-electron chi connectivity index (χ2n) is 15.3. The topological polar surface area (TPSA) is 153 Å². The first-order valence-electron chi connectivity index (χ1n) is 18.7. The number of carbonyl (C=O) groups is 4. The molecule has 4 N–H and O–H groups in total. The molecule has 0 aromatic heterocycles. The molecule has 0 spiro atoms. The van der Waals surface area contributed by atoms with E-state index in [1.165, 1.54) is 7.11 Å². The van der Waals surface area contributed by atoms with Gasteiger partial charge in [0.25, 0.3) is 0 Å². The summed E-state index contributed by atoms with van der Waals surface area (Å²) < 4.78 is 17.4. The standard InChI is InChI=1S/C39H65N5O7/c1-11-25(3)32(43(7)35(46)28(12-2)42-37(48)38(5,6)40)30(49-8)23-31(45)44-22-16-19-29(44)33(50-9)26(4)24-41-34(36(47)51-10)39(20-21-39)27-17-14-13-15-18-27/h13-15,17-18,25-26,28-30,32-34,41H,11-12,16,19-24,40H2,1-10H3,(H,42,48). The van der Waals surface area contributed by atoms with Crippen molar-refractivity contribution in [1.29, 1.82) is 0 Å². The van der Waals surface area contributed by atoms with E-state index in [9.17, 15) is 19.2 Å². The van der Waals surface area contributed by atoms with Crippen LogP contribution < -0.4 is 16.4 Å². The van der Waals surface area contributed by atoms with E-state index in [4.69, 9.17) is 19.9 Å².